The van der Waals surface area contributed by atoms with Crippen LogP contribution in [0.4, 0.5) is 17.1 Å². The second kappa shape index (κ2) is 14.9. The van der Waals surface area contributed by atoms with Crippen molar-refractivity contribution in [2.45, 2.75) is 13.8 Å². The summed E-state index contributed by atoms with van der Waals surface area (Å²) in [5, 5.41) is 2.27. The number of fused-ring (bicyclic) bond motifs is 3. The topological polar surface area (TPSA) is 16.4 Å². The molecule has 10 rings (SSSR count). The van der Waals surface area contributed by atoms with Gasteiger partial charge in [-0.15, -0.1) is 0 Å². The van der Waals surface area contributed by atoms with Crippen molar-refractivity contribution in [2.75, 3.05) is 4.90 Å². The summed E-state index contributed by atoms with van der Waals surface area (Å²) in [5.74, 6) is 0. The molecule has 1 heterocycles. The summed E-state index contributed by atoms with van der Waals surface area (Å²) in [7, 11) is 0. The van der Waals surface area contributed by atoms with E-state index in [1.165, 1.54) is 55.6 Å². The van der Waals surface area contributed by atoms with Crippen LogP contribution in [0.25, 0.3) is 77.6 Å². The Labute approximate surface area is 339 Å². The second-order valence-corrected chi connectivity index (χ2v) is 15.0. The molecule has 276 valence electrons. The van der Waals surface area contributed by atoms with Crippen molar-refractivity contribution in [3.8, 4) is 55.6 Å². The van der Waals surface area contributed by atoms with Crippen LogP contribution < -0.4 is 4.90 Å². The maximum atomic E-state index is 6.41. The van der Waals surface area contributed by atoms with Gasteiger partial charge in [-0.05, 0) is 118 Å². The highest BCUT2D eigenvalue weighted by Crippen LogP contribution is 2.41. The van der Waals surface area contributed by atoms with E-state index in [-0.39, 0.29) is 0 Å². The lowest BCUT2D eigenvalue weighted by Gasteiger charge is -2.26. The average molecular weight is 744 g/mol. The van der Waals surface area contributed by atoms with Crippen molar-refractivity contribution < 1.29 is 4.42 Å². The SMILES string of the molecule is Cc1ccccc1-c1cccc(-c2ccc(N(c3ccc(-c4ccc(-c5ccccc5)cc4)cc3)c3ccc(-c4cccc5c4oc4ccccc45)cc3)cc2)c1C. The predicted octanol–water partition coefficient (Wildman–Crippen LogP) is 16.0. The molecule has 0 spiro atoms. The van der Waals surface area contributed by atoms with E-state index < -0.39 is 0 Å². The number of nitrogens with zero attached hydrogens (tertiary/aromatic N) is 1. The summed E-state index contributed by atoms with van der Waals surface area (Å²) >= 11 is 0. The largest absolute Gasteiger partial charge is 0.455 e. The number of para-hydroxylation sites is 2. The molecular weight excluding hydrogens is 703 g/mol. The van der Waals surface area contributed by atoms with Crippen LogP contribution in [-0.4, -0.2) is 0 Å². The summed E-state index contributed by atoms with van der Waals surface area (Å²) in [6.07, 6.45) is 0. The van der Waals surface area contributed by atoms with Gasteiger partial charge in [0.25, 0.3) is 0 Å². The van der Waals surface area contributed by atoms with Gasteiger partial charge in [0.2, 0.25) is 0 Å². The Morgan fingerprint density at radius 3 is 1.38 bits per heavy atom. The second-order valence-electron chi connectivity index (χ2n) is 15.0. The normalized spacial score (nSPS) is 11.3. The summed E-state index contributed by atoms with van der Waals surface area (Å²) in [5.41, 5.74) is 19.6. The Balaban J connectivity index is 1.02. The quantitative estimate of drug-likeness (QED) is 0.154. The van der Waals surface area contributed by atoms with Crippen LogP contribution in [0, 0.1) is 13.8 Å². The summed E-state index contributed by atoms with van der Waals surface area (Å²) in [6.45, 7) is 4.42. The van der Waals surface area contributed by atoms with Gasteiger partial charge in [0.15, 0.2) is 0 Å². The summed E-state index contributed by atoms with van der Waals surface area (Å²) in [6, 6.07) is 76.1. The lowest BCUT2D eigenvalue weighted by atomic mass is 9.91. The minimum atomic E-state index is 0.906. The molecule has 0 radical (unpaired) electrons. The van der Waals surface area contributed by atoms with E-state index in [0.29, 0.717) is 0 Å². The number of rotatable bonds is 8. The average Bonchev–Trinajstić information content (AvgIpc) is 3.67. The van der Waals surface area contributed by atoms with E-state index in [2.05, 4.69) is 219 Å². The molecule has 0 unspecified atom stereocenters. The van der Waals surface area contributed by atoms with Gasteiger partial charge in [-0.25, -0.2) is 0 Å². The fourth-order valence-electron chi connectivity index (χ4n) is 8.41. The zero-order valence-corrected chi connectivity index (χ0v) is 32.6. The Kier molecular flexibility index (Phi) is 9.01. The number of furan rings is 1. The molecule has 0 amide bonds. The van der Waals surface area contributed by atoms with Crippen LogP contribution in [0.2, 0.25) is 0 Å². The Bertz CT molecular complexity index is 3030. The van der Waals surface area contributed by atoms with Crippen LogP contribution in [0.15, 0.2) is 217 Å². The number of benzene rings is 9. The fourth-order valence-corrected chi connectivity index (χ4v) is 8.41. The van der Waals surface area contributed by atoms with E-state index in [9.17, 15) is 0 Å². The third-order valence-corrected chi connectivity index (χ3v) is 11.5. The lowest BCUT2D eigenvalue weighted by Crippen LogP contribution is -2.09. The van der Waals surface area contributed by atoms with E-state index in [4.69, 9.17) is 4.42 Å². The van der Waals surface area contributed by atoms with Crippen molar-refractivity contribution in [2.24, 2.45) is 0 Å². The van der Waals surface area contributed by atoms with Crippen LogP contribution in [0.1, 0.15) is 11.1 Å². The molecule has 0 fully saturated rings. The van der Waals surface area contributed by atoms with Crippen molar-refractivity contribution >= 4 is 39.0 Å². The van der Waals surface area contributed by atoms with E-state index in [0.717, 1.165) is 50.1 Å². The number of aryl methyl sites for hydroxylation is 1. The molecule has 0 saturated heterocycles. The minimum absolute atomic E-state index is 0.906. The van der Waals surface area contributed by atoms with E-state index >= 15 is 0 Å². The Hall–Kier alpha value is -7.42. The van der Waals surface area contributed by atoms with E-state index in [1.807, 2.05) is 12.1 Å². The van der Waals surface area contributed by atoms with Crippen LogP contribution in [0.3, 0.4) is 0 Å². The standard InChI is InChI=1S/C56H41NO/c1-38-12-6-7-15-49(38)51-18-10-17-50(39(51)2)44-28-34-47(35-29-44)57(46-32-26-43(27-33-46)42-24-22-41(23-25-42)40-13-4-3-5-14-40)48-36-30-45(31-37-48)52-19-11-20-54-53-16-8-9-21-55(53)58-56(52)54/h3-37H,1-2H3. The molecule has 0 aliphatic rings. The van der Waals surface area contributed by atoms with Crippen molar-refractivity contribution in [1.82, 2.24) is 0 Å². The third-order valence-electron chi connectivity index (χ3n) is 11.5. The highest BCUT2D eigenvalue weighted by molar-refractivity contribution is 6.09. The molecular formula is C56H41NO. The van der Waals surface area contributed by atoms with Crippen molar-refractivity contribution in [3.05, 3.63) is 223 Å². The lowest BCUT2D eigenvalue weighted by molar-refractivity contribution is 0.670. The fraction of sp³-hybridized carbons (Fsp3) is 0.0357. The molecule has 0 aliphatic carbocycles. The first-order chi connectivity index (χ1) is 28.6. The van der Waals surface area contributed by atoms with Gasteiger partial charge < -0.3 is 9.32 Å². The first-order valence-corrected chi connectivity index (χ1v) is 19.9. The number of hydrogen-bond acceptors (Lipinski definition) is 2. The maximum Gasteiger partial charge on any atom is 0.143 e. The van der Waals surface area contributed by atoms with Gasteiger partial charge in [-0.1, -0.05) is 170 Å². The van der Waals surface area contributed by atoms with Crippen LogP contribution in [-0.2, 0) is 0 Å². The smallest absolute Gasteiger partial charge is 0.143 e. The predicted molar refractivity (Wildman–Crippen MR) is 245 cm³/mol. The van der Waals surface area contributed by atoms with Crippen molar-refractivity contribution in [3.63, 3.8) is 0 Å². The van der Waals surface area contributed by atoms with E-state index in [1.54, 1.807) is 0 Å². The highest BCUT2D eigenvalue weighted by atomic mass is 16.3. The monoisotopic (exact) mass is 743 g/mol. The number of anilines is 3. The molecule has 2 heteroatoms. The molecule has 0 atom stereocenters. The molecule has 0 N–H and O–H groups in total. The van der Waals surface area contributed by atoms with Gasteiger partial charge >= 0.3 is 0 Å². The van der Waals surface area contributed by atoms with Crippen LogP contribution in [0.5, 0.6) is 0 Å². The zero-order chi connectivity index (χ0) is 39.0. The molecule has 58 heavy (non-hydrogen) atoms. The van der Waals surface area contributed by atoms with Gasteiger partial charge in [0.1, 0.15) is 11.2 Å². The molecule has 1 aromatic heterocycles. The molecule has 9 aromatic carbocycles. The molecule has 10 aromatic rings. The zero-order valence-electron chi connectivity index (χ0n) is 32.6. The van der Waals surface area contributed by atoms with Gasteiger partial charge in [0, 0.05) is 33.4 Å². The molecule has 2 nitrogen and oxygen atoms in total. The molecule has 0 saturated carbocycles. The van der Waals surface area contributed by atoms with Crippen molar-refractivity contribution in [1.29, 1.82) is 0 Å². The number of hydrogen-bond donors (Lipinski definition) is 0. The maximum absolute atomic E-state index is 6.41. The van der Waals surface area contributed by atoms with Gasteiger partial charge in [-0.2, -0.15) is 0 Å². The highest BCUT2D eigenvalue weighted by Gasteiger charge is 2.17. The molecule has 0 bridgehead atoms. The van der Waals surface area contributed by atoms with Crippen LogP contribution >= 0.6 is 0 Å². The first-order valence-electron chi connectivity index (χ1n) is 19.9. The summed E-state index contributed by atoms with van der Waals surface area (Å²) in [4.78, 5) is 2.34. The van der Waals surface area contributed by atoms with Gasteiger partial charge in [-0.3, -0.25) is 0 Å². The first kappa shape index (κ1) is 35.0. The van der Waals surface area contributed by atoms with Gasteiger partial charge in [0.05, 0.1) is 0 Å². The third kappa shape index (κ3) is 6.45. The Morgan fingerprint density at radius 1 is 0.310 bits per heavy atom. The summed E-state index contributed by atoms with van der Waals surface area (Å²) < 4.78 is 6.41. The minimum Gasteiger partial charge on any atom is -0.455 e. The Morgan fingerprint density at radius 2 is 0.741 bits per heavy atom. The molecule has 0 aliphatic heterocycles.